The van der Waals surface area contributed by atoms with Crippen molar-refractivity contribution in [3.05, 3.63) is 35.3 Å². The molecular formula is C12H11FN2O. The molecule has 4 heteroatoms. The Morgan fingerprint density at radius 2 is 2.19 bits per heavy atom. The van der Waals surface area contributed by atoms with Crippen LogP contribution in [0.25, 0.3) is 10.9 Å². The maximum atomic E-state index is 13.2. The van der Waals surface area contributed by atoms with Gasteiger partial charge in [0, 0.05) is 23.1 Å². The van der Waals surface area contributed by atoms with Gasteiger partial charge in [0.25, 0.3) is 5.91 Å². The van der Waals surface area contributed by atoms with Crippen LogP contribution in [0.2, 0.25) is 0 Å². The second-order valence-corrected chi connectivity index (χ2v) is 4.03. The van der Waals surface area contributed by atoms with Gasteiger partial charge in [-0.3, -0.25) is 4.79 Å². The molecule has 1 aliphatic rings. The van der Waals surface area contributed by atoms with Crippen LogP contribution in [-0.2, 0) is 6.42 Å². The van der Waals surface area contributed by atoms with Crippen molar-refractivity contribution in [2.24, 2.45) is 0 Å². The third-order valence-corrected chi connectivity index (χ3v) is 2.95. The summed E-state index contributed by atoms with van der Waals surface area (Å²) in [6.07, 6.45) is 1.73. The summed E-state index contributed by atoms with van der Waals surface area (Å²) in [4.78, 5) is 15.0. The Balaban J connectivity index is 2.32. The van der Waals surface area contributed by atoms with E-state index in [1.165, 1.54) is 12.1 Å². The Kier molecular flexibility index (Phi) is 1.96. The maximum Gasteiger partial charge on any atom is 0.253 e. The number of amides is 1. The highest BCUT2D eigenvalue weighted by atomic mass is 19.1. The fraction of sp³-hybridized carbons (Fsp3) is 0.250. The summed E-state index contributed by atoms with van der Waals surface area (Å²) >= 11 is 0. The van der Waals surface area contributed by atoms with Gasteiger partial charge in [-0.2, -0.15) is 0 Å². The van der Waals surface area contributed by atoms with E-state index in [9.17, 15) is 9.18 Å². The number of halogens is 1. The van der Waals surface area contributed by atoms with E-state index in [1.54, 1.807) is 6.07 Å². The number of aromatic nitrogens is 1. The molecule has 1 aromatic heterocycles. The van der Waals surface area contributed by atoms with Crippen molar-refractivity contribution in [1.82, 2.24) is 10.3 Å². The number of benzene rings is 1. The smallest absolute Gasteiger partial charge is 0.253 e. The van der Waals surface area contributed by atoms with Crippen LogP contribution in [-0.4, -0.2) is 17.4 Å². The summed E-state index contributed by atoms with van der Waals surface area (Å²) in [5.74, 6) is -0.421. The number of hydrogen-bond donors (Lipinski definition) is 2. The topological polar surface area (TPSA) is 44.9 Å². The first-order chi connectivity index (χ1) is 7.75. The lowest BCUT2D eigenvalue weighted by Gasteiger charge is -1.99. The lowest BCUT2D eigenvalue weighted by atomic mass is 10.1. The van der Waals surface area contributed by atoms with Gasteiger partial charge in [-0.1, -0.05) is 0 Å². The number of aromatic amines is 1. The Labute approximate surface area is 91.7 Å². The predicted octanol–water partition coefficient (Wildman–Crippen LogP) is 1.98. The van der Waals surface area contributed by atoms with Gasteiger partial charge in [0.05, 0.1) is 5.56 Å². The molecule has 16 heavy (non-hydrogen) atoms. The summed E-state index contributed by atoms with van der Waals surface area (Å²) in [6.45, 7) is 0.679. The molecule has 0 saturated heterocycles. The first kappa shape index (κ1) is 9.39. The molecule has 0 unspecified atom stereocenters. The van der Waals surface area contributed by atoms with E-state index in [-0.39, 0.29) is 11.7 Å². The summed E-state index contributed by atoms with van der Waals surface area (Å²) in [5, 5.41) is 3.49. The molecule has 1 aliphatic heterocycles. The van der Waals surface area contributed by atoms with Crippen molar-refractivity contribution in [3.63, 3.8) is 0 Å². The molecule has 2 heterocycles. The van der Waals surface area contributed by atoms with Gasteiger partial charge in [-0.15, -0.1) is 0 Å². The second kappa shape index (κ2) is 3.33. The molecule has 0 atom stereocenters. The Morgan fingerprint density at radius 3 is 3.06 bits per heavy atom. The number of rotatable bonds is 0. The van der Waals surface area contributed by atoms with Crippen molar-refractivity contribution < 1.29 is 9.18 Å². The van der Waals surface area contributed by atoms with Crippen LogP contribution >= 0.6 is 0 Å². The van der Waals surface area contributed by atoms with Crippen molar-refractivity contribution in [1.29, 1.82) is 0 Å². The van der Waals surface area contributed by atoms with Crippen LogP contribution in [0, 0.1) is 5.82 Å². The SMILES string of the molecule is O=C1NCCCc2[nH]c3ccc(F)cc3c21. The van der Waals surface area contributed by atoms with Gasteiger partial charge >= 0.3 is 0 Å². The van der Waals surface area contributed by atoms with E-state index in [0.717, 1.165) is 24.1 Å². The number of hydrogen-bond acceptors (Lipinski definition) is 1. The van der Waals surface area contributed by atoms with Gasteiger partial charge in [0.2, 0.25) is 0 Å². The van der Waals surface area contributed by atoms with Gasteiger partial charge in [0.15, 0.2) is 0 Å². The van der Waals surface area contributed by atoms with Crippen LogP contribution in [0.15, 0.2) is 18.2 Å². The molecule has 1 aromatic carbocycles. The van der Waals surface area contributed by atoms with Crippen molar-refractivity contribution in [2.75, 3.05) is 6.54 Å². The highest BCUT2D eigenvalue weighted by molar-refractivity contribution is 6.08. The molecule has 0 bridgehead atoms. The predicted molar refractivity (Wildman–Crippen MR) is 58.9 cm³/mol. The van der Waals surface area contributed by atoms with Crippen LogP contribution < -0.4 is 5.32 Å². The molecule has 2 aromatic rings. The van der Waals surface area contributed by atoms with Crippen LogP contribution in [0.5, 0.6) is 0 Å². The number of aryl methyl sites for hydroxylation is 1. The zero-order valence-corrected chi connectivity index (χ0v) is 8.64. The fourth-order valence-corrected chi connectivity index (χ4v) is 2.22. The molecule has 0 aliphatic carbocycles. The van der Waals surface area contributed by atoms with Gasteiger partial charge in [0.1, 0.15) is 5.82 Å². The molecule has 0 fully saturated rings. The highest BCUT2D eigenvalue weighted by Crippen LogP contribution is 2.25. The molecular weight excluding hydrogens is 207 g/mol. The van der Waals surface area contributed by atoms with Crippen LogP contribution in [0.1, 0.15) is 22.5 Å². The number of carbonyl (C=O) groups excluding carboxylic acids is 1. The average molecular weight is 218 g/mol. The monoisotopic (exact) mass is 218 g/mol. The van der Waals surface area contributed by atoms with E-state index in [2.05, 4.69) is 10.3 Å². The molecule has 0 saturated carbocycles. The van der Waals surface area contributed by atoms with E-state index in [1.807, 2.05) is 0 Å². The average Bonchev–Trinajstić information content (AvgIpc) is 2.51. The Hall–Kier alpha value is -1.84. The molecule has 3 rings (SSSR count). The zero-order chi connectivity index (χ0) is 11.1. The first-order valence-corrected chi connectivity index (χ1v) is 5.34. The molecule has 82 valence electrons. The number of fused-ring (bicyclic) bond motifs is 3. The minimum atomic E-state index is -0.314. The minimum absolute atomic E-state index is 0.107. The van der Waals surface area contributed by atoms with Crippen molar-refractivity contribution in [2.45, 2.75) is 12.8 Å². The third kappa shape index (κ3) is 1.30. The Bertz CT molecular complexity index is 574. The van der Waals surface area contributed by atoms with E-state index < -0.39 is 0 Å². The fourth-order valence-electron chi connectivity index (χ4n) is 2.22. The molecule has 0 spiro atoms. The lowest BCUT2D eigenvalue weighted by Crippen LogP contribution is -2.22. The first-order valence-electron chi connectivity index (χ1n) is 5.34. The van der Waals surface area contributed by atoms with E-state index in [4.69, 9.17) is 0 Å². The molecule has 2 N–H and O–H groups in total. The number of carbonyl (C=O) groups is 1. The second-order valence-electron chi connectivity index (χ2n) is 4.03. The maximum absolute atomic E-state index is 13.2. The summed E-state index contributed by atoms with van der Waals surface area (Å²) in [6, 6.07) is 4.48. The van der Waals surface area contributed by atoms with Crippen molar-refractivity contribution >= 4 is 16.8 Å². The van der Waals surface area contributed by atoms with Crippen molar-refractivity contribution in [3.8, 4) is 0 Å². The summed E-state index contributed by atoms with van der Waals surface area (Å²) in [5.41, 5.74) is 2.34. The molecule has 3 nitrogen and oxygen atoms in total. The normalized spacial score (nSPS) is 15.7. The largest absolute Gasteiger partial charge is 0.358 e. The lowest BCUT2D eigenvalue weighted by molar-refractivity contribution is 0.0957. The number of nitrogens with one attached hydrogen (secondary N) is 2. The van der Waals surface area contributed by atoms with E-state index >= 15 is 0 Å². The van der Waals surface area contributed by atoms with Gasteiger partial charge in [-0.25, -0.2) is 4.39 Å². The summed E-state index contributed by atoms with van der Waals surface area (Å²) in [7, 11) is 0. The minimum Gasteiger partial charge on any atom is -0.358 e. The van der Waals surface area contributed by atoms with Gasteiger partial charge in [-0.05, 0) is 31.0 Å². The third-order valence-electron chi connectivity index (χ3n) is 2.95. The quantitative estimate of drug-likeness (QED) is 0.697. The zero-order valence-electron chi connectivity index (χ0n) is 8.64. The molecule has 0 radical (unpaired) electrons. The molecule has 1 amide bonds. The van der Waals surface area contributed by atoms with Crippen LogP contribution in [0.4, 0.5) is 4.39 Å². The highest BCUT2D eigenvalue weighted by Gasteiger charge is 2.20. The standard InChI is InChI=1S/C12H11FN2O/c13-7-3-4-9-8(6-7)11-10(15-9)2-1-5-14-12(11)16/h3-4,6,15H,1-2,5H2,(H,14,16). The van der Waals surface area contributed by atoms with Gasteiger partial charge < -0.3 is 10.3 Å². The summed E-state index contributed by atoms with van der Waals surface area (Å²) < 4.78 is 13.2. The number of H-pyrrole nitrogens is 1. The van der Waals surface area contributed by atoms with E-state index in [0.29, 0.717) is 17.5 Å². The Morgan fingerprint density at radius 1 is 1.31 bits per heavy atom. The van der Waals surface area contributed by atoms with Crippen LogP contribution in [0.3, 0.4) is 0 Å².